The van der Waals surface area contributed by atoms with E-state index in [9.17, 15) is 14.7 Å². The van der Waals surface area contributed by atoms with E-state index in [1.165, 1.54) is 18.4 Å². The first-order valence-corrected chi connectivity index (χ1v) is 13.5. The molecule has 0 radical (unpaired) electrons. The zero-order valence-electron chi connectivity index (χ0n) is 20.8. The van der Waals surface area contributed by atoms with E-state index in [0.29, 0.717) is 24.7 Å². The Morgan fingerprint density at radius 2 is 1.82 bits per heavy atom. The number of carbonyl (C=O) groups excluding carboxylic acids is 2. The van der Waals surface area contributed by atoms with Gasteiger partial charge in [-0.15, -0.1) is 0 Å². The Bertz CT molecular complexity index is 730. The van der Waals surface area contributed by atoms with Crippen LogP contribution < -0.4 is 5.32 Å². The molecule has 2 N–H and O–H groups in total. The van der Waals surface area contributed by atoms with Crippen LogP contribution in [0.5, 0.6) is 0 Å². The second-order valence-corrected chi connectivity index (χ2v) is 11.0. The van der Waals surface area contributed by atoms with Crippen molar-refractivity contribution in [1.82, 2.24) is 5.32 Å². The number of hydrogen-bond acceptors (Lipinski definition) is 3. The van der Waals surface area contributed by atoms with Gasteiger partial charge in [-0.3, -0.25) is 9.59 Å². The number of aliphatic hydroxyl groups is 1. The van der Waals surface area contributed by atoms with Crippen molar-refractivity contribution in [2.45, 2.75) is 97.0 Å². The van der Waals surface area contributed by atoms with Crippen molar-refractivity contribution in [3.8, 4) is 0 Å². The van der Waals surface area contributed by atoms with E-state index in [2.05, 4.69) is 49.5 Å². The summed E-state index contributed by atoms with van der Waals surface area (Å²) >= 11 is 0. The van der Waals surface area contributed by atoms with Crippen LogP contribution >= 0.6 is 0 Å². The first-order chi connectivity index (χ1) is 15.9. The summed E-state index contributed by atoms with van der Waals surface area (Å²) in [5.74, 6) is 2.23. The first kappa shape index (κ1) is 25.9. The summed E-state index contributed by atoms with van der Waals surface area (Å²) in [5, 5.41) is 13.7. The topological polar surface area (TPSA) is 66.4 Å². The van der Waals surface area contributed by atoms with E-state index in [0.717, 1.165) is 63.8 Å². The number of benzene rings is 1. The predicted octanol–water partition coefficient (Wildman–Crippen LogP) is 5.71. The van der Waals surface area contributed by atoms with Gasteiger partial charge in [-0.1, -0.05) is 63.4 Å². The Labute approximate surface area is 200 Å². The van der Waals surface area contributed by atoms with Crippen LogP contribution in [0.25, 0.3) is 0 Å². The molecule has 2 aliphatic rings. The molecule has 2 fully saturated rings. The van der Waals surface area contributed by atoms with Crippen LogP contribution in [0.15, 0.2) is 30.3 Å². The minimum Gasteiger partial charge on any atom is -0.392 e. The Morgan fingerprint density at radius 3 is 2.55 bits per heavy atom. The largest absolute Gasteiger partial charge is 0.392 e. The van der Waals surface area contributed by atoms with E-state index in [1.54, 1.807) is 0 Å². The molecule has 5 unspecified atom stereocenters. The summed E-state index contributed by atoms with van der Waals surface area (Å²) < 4.78 is 0. The van der Waals surface area contributed by atoms with E-state index >= 15 is 0 Å². The molecular formula is C29H45NO3. The predicted molar refractivity (Wildman–Crippen MR) is 134 cm³/mol. The molecule has 0 aromatic heterocycles. The summed E-state index contributed by atoms with van der Waals surface area (Å²) in [5.41, 5.74) is 1.38. The highest BCUT2D eigenvalue weighted by molar-refractivity contribution is 5.84. The summed E-state index contributed by atoms with van der Waals surface area (Å²) in [6.45, 7) is 5.40. The highest BCUT2D eigenvalue weighted by Gasteiger charge is 2.43. The van der Waals surface area contributed by atoms with E-state index in [4.69, 9.17) is 0 Å². The quantitative estimate of drug-likeness (QED) is 0.333. The fraction of sp³-hybridized carbons (Fsp3) is 0.724. The molecule has 0 heterocycles. The van der Waals surface area contributed by atoms with Crippen molar-refractivity contribution in [3.05, 3.63) is 35.9 Å². The Kier molecular flexibility index (Phi) is 10.4. The highest BCUT2D eigenvalue weighted by Crippen LogP contribution is 2.40. The number of ketones is 1. The van der Waals surface area contributed by atoms with Crippen LogP contribution in [0.3, 0.4) is 0 Å². The number of rotatable bonds is 15. The van der Waals surface area contributed by atoms with Gasteiger partial charge in [0.25, 0.3) is 0 Å². The van der Waals surface area contributed by atoms with Gasteiger partial charge in [0, 0.05) is 25.3 Å². The highest BCUT2D eigenvalue weighted by atomic mass is 16.3. The molecule has 33 heavy (non-hydrogen) atoms. The van der Waals surface area contributed by atoms with Crippen molar-refractivity contribution in [2.24, 2.45) is 29.6 Å². The summed E-state index contributed by atoms with van der Waals surface area (Å²) in [7, 11) is 0. The molecular weight excluding hydrogens is 410 g/mol. The molecule has 4 heteroatoms. The smallest absolute Gasteiger partial charge is 0.220 e. The second-order valence-electron chi connectivity index (χ2n) is 11.0. The van der Waals surface area contributed by atoms with Crippen LogP contribution in [-0.2, 0) is 16.0 Å². The number of carbonyl (C=O) groups is 2. The summed E-state index contributed by atoms with van der Waals surface area (Å²) in [6.07, 6.45) is 11.2. The molecule has 2 saturated carbocycles. The van der Waals surface area contributed by atoms with E-state index < -0.39 is 6.10 Å². The Balaban J connectivity index is 1.34. The monoisotopic (exact) mass is 455 g/mol. The lowest BCUT2D eigenvalue weighted by Gasteiger charge is -2.29. The van der Waals surface area contributed by atoms with Gasteiger partial charge in [0.2, 0.25) is 5.91 Å². The minimum absolute atomic E-state index is 0.0122. The molecule has 0 spiro atoms. The Morgan fingerprint density at radius 1 is 1.09 bits per heavy atom. The van der Waals surface area contributed by atoms with E-state index in [-0.39, 0.29) is 23.5 Å². The average Bonchev–Trinajstić information content (AvgIpc) is 3.58. The molecule has 0 bridgehead atoms. The van der Waals surface area contributed by atoms with Crippen LogP contribution in [-0.4, -0.2) is 29.4 Å². The molecule has 0 aliphatic heterocycles. The van der Waals surface area contributed by atoms with Gasteiger partial charge in [0.1, 0.15) is 5.78 Å². The number of unbranched alkanes of at least 4 members (excludes halogenated alkanes) is 3. The fourth-order valence-corrected chi connectivity index (χ4v) is 5.74. The normalized spacial score (nSPS) is 24.6. The average molecular weight is 456 g/mol. The number of Topliss-reactive ketones (excluding diaryl/α,β-unsaturated/α-hetero) is 1. The zero-order chi connectivity index (χ0) is 23.6. The molecule has 5 atom stereocenters. The van der Waals surface area contributed by atoms with Crippen molar-refractivity contribution in [3.63, 3.8) is 0 Å². The number of amides is 1. The number of aryl methyl sites for hydroxylation is 1. The Hall–Kier alpha value is -1.68. The standard InChI is InChI=1S/C29H45NO3/c1-21(14-15-23-10-6-5-7-11-23)18-22(2)29-25(26(31)19-27(29)32)12-8-3-4-9-13-28(33)30-20-24-16-17-24/h5-7,10-11,21-22,24-25,27,29,32H,3-4,8-9,12-20H2,1-2H3,(H,30,33). The molecule has 0 saturated heterocycles. The number of nitrogens with one attached hydrogen (secondary N) is 1. The molecule has 4 nitrogen and oxygen atoms in total. The van der Waals surface area contributed by atoms with Gasteiger partial charge in [-0.05, 0) is 74.2 Å². The van der Waals surface area contributed by atoms with Gasteiger partial charge >= 0.3 is 0 Å². The summed E-state index contributed by atoms with van der Waals surface area (Å²) in [6, 6.07) is 10.6. The third kappa shape index (κ3) is 8.88. The summed E-state index contributed by atoms with van der Waals surface area (Å²) in [4.78, 5) is 24.5. The second kappa shape index (κ2) is 13.3. The molecule has 1 amide bonds. The lowest BCUT2D eigenvalue weighted by Crippen LogP contribution is -2.28. The lowest BCUT2D eigenvalue weighted by molar-refractivity contribution is -0.122. The zero-order valence-corrected chi connectivity index (χ0v) is 20.8. The number of hydrogen-bond donors (Lipinski definition) is 2. The van der Waals surface area contributed by atoms with Crippen molar-refractivity contribution < 1.29 is 14.7 Å². The molecule has 184 valence electrons. The fourth-order valence-electron chi connectivity index (χ4n) is 5.74. The first-order valence-electron chi connectivity index (χ1n) is 13.5. The van der Waals surface area contributed by atoms with Crippen LogP contribution in [0.4, 0.5) is 0 Å². The van der Waals surface area contributed by atoms with Crippen LogP contribution in [0, 0.1) is 29.6 Å². The van der Waals surface area contributed by atoms with Crippen LogP contribution in [0.2, 0.25) is 0 Å². The molecule has 1 aromatic carbocycles. The van der Waals surface area contributed by atoms with Crippen molar-refractivity contribution >= 4 is 11.7 Å². The van der Waals surface area contributed by atoms with Gasteiger partial charge < -0.3 is 10.4 Å². The van der Waals surface area contributed by atoms with Crippen LogP contribution in [0.1, 0.15) is 90.0 Å². The molecule has 2 aliphatic carbocycles. The van der Waals surface area contributed by atoms with Gasteiger partial charge in [0.05, 0.1) is 6.10 Å². The van der Waals surface area contributed by atoms with Gasteiger partial charge in [-0.2, -0.15) is 0 Å². The third-order valence-corrected chi connectivity index (χ3v) is 7.89. The van der Waals surface area contributed by atoms with Gasteiger partial charge in [0.15, 0.2) is 0 Å². The van der Waals surface area contributed by atoms with Crippen molar-refractivity contribution in [2.75, 3.05) is 6.54 Å². The maximum Gasteiger partial charge on any atom is 0.220 e. The van der Waals surface area contributed by atoms with E-state index in [1.807, 2.05) is 0 Å². The molecule has 3 rings (SSSR count). The maximum absolute atomic E-state index is 12.6. The molecule has 1 aromatic rings. The minimum atomic E-state index is -0.478. The third-order valence-electron chi connectivity index (χ3n) is 7.89. The number of aliphatic hydroxyl groups excluding tert-OH is 1. The van der Waals surface area contributed by atoms with Gasteiger partial charge in [-0.25, -0.2) is 0 Å². The lowest BCUT2D eigenvalue weighted by atomic mass is 9.76. The maximum atomic E-state index is 12.6. The van der Waals surface area contributed by atoms with Crippen molar-refractivity contribution in [1.29, 1.82) is 0 Å². The SMILES string of the molecule is CC(CCc1ccccc1)CC(C)C1C(O)CC(=O)C1CCCCCCC(=O)NCC1CC1.